The van der Waals surface area contributed by atoms with E-state index in [1.54, 1.807) is 0 Å². The van der Waals surface area contributed by atoms with E-state index in [1.165, 1.54) is 29.4 Å². The summed E-state index contributed by atoms with van der Waals surface area (Å²) >= 11 is 7.01. The van der Waals surface area contributed by atoms with Crippen molar-refractivity contribution in [1.29, 1.82) is 0 Å². The molecule has 0 bridgehead atoms. The van der Waals surface area contributed by atoms with Crippen LogP contribution in [-0.4, -0.2) is 36.0 Å². The van der Waals surface area contributed by atoms with E-state index in [9.17, 15) is 19.2 Å². The number of hydrogen-bond acceptors (Lipinski definition) is 5. The predicted octanol–water partition coefficient (Wildman–Crippen LogP) is 8.82. The first-order chi connectivity index (χ1) is 22.7. The van der Waals surface area contributed by atoms with Gasteiger partial charge in [-0.15, -0.1) is 0 Å². The van der Waals surface area contributed by atoms with E-state index in [0.29, 0.717) is 25.7 Å². The molecule has 0 fully saturated rings. The summed E-state index contributed by atoms with van der Waals surface area (Å²) in [5.41, 5.74) is 5.17. The fraction of sp³-hybridized carbons (Fsp3) is 0.568. The van der Waals surface area contributed by atoms with Gasteiger partial charge >= 0.3 is 11.9 Å². The third kappa shape index (κ3) is 14.5. The minimum atomic E-state index is -0.745. The van der Waals surface area contributed by atoms with Crippen molar-refractivity contribution in [3.8, 4) is 0 Å². The highest BCUT2D eigenvalue weighted by Gasteiger charge is 2.23. The fourth-order valence-corrected chi connectivity index (χ4v) is 7.14. The number of methoxy groups -OCH3 is 1. The van der Waals surface area contributed by atoms with Crippen LogP contribution in [0.2, 0.25) is 0 Å². The van der Waals surface area contributed by atoms with E-state index < -0.39 is 5.97 Å². The molecule has 2 amide bonds. The molecular formula is C37H50Br2N2O6. The van der Waals surface area contributed by atoms with Crippen LogP contribution in [0.25, 0.3) is 0 Å². The van der Waals surface area contributed by atoms with Gasteiger partial charge < -0.3 is 20.5 Å². The zero-order valence-electron chi connectivity index (χ0n) is 27.6. The molecule has 0 radical (unpaired) electrons. The Morgan fingerprint density at radius 2 is 1.11 bits per heavy atom. The van der Waals surface area contributed by atoms with Crippen LogP contribution in [0.5, 0.6) is 0 Å². The normalized spacial score (nSPS) is 16.5. The average molecular weight is 779 g/mol. The molecule has 2 unspecified atom stereocenters. The maximum Gasteiger partial charge on any atom is 0.305 e. The van der Waals surface area contributed by atoms with E-state index in [2.05, 4.69) is 71.5 Å². The van der Waals surface area contributed by atoms with Crippen LogP contribution >= 0.6 is 31.9 Å². The number of rotatable bonds is 16. The lowest BCUT2D eigenvalue weighted by molar-refractivity contribution is -0.141. The van der Waals surface area contributed by atoms with Crippen molar-refractivity contribution < 1.29 is 29.0 Å². The molecule has 0 heterocycles. The highest BCUT2D eigenvalue weighted by atomic mass is 79.9. The number of aliphatic carboxylic acids is 1. The van der Waals surface area contributed by atoms with Crippen molar-refractivity contribution in [2.75, 3.05) is 7.11 Å². The molecule has 0 aliphatic heterocycles. The van der Waals surface area contributed by atoms with Crippen LogP contribution in [0.1, 0.15) is 137 Å². The van der Waals surface area contributed by atoms with E-state index in [4.69, 9.17) is 5.11 Å². The summed E-state index contributed by atoms with van der Waals surface area (Å²) < 4.78 is 6.79. The van der Waals surface area contributed by atoms with E-state index >= 15 is 0 Å². The Morgan fingerprint density at radius 1 is 0.681 bits per heavy atom. The Balaban J connectivity index is 0.000000256. The summed E-state index contributed by atoms with van der Waals surface area (Å²) in [5, 5.41) is 14.9. The Labute approximate surface area is 296 Å². The summed E-state index contributed by atoms with van der Waals surface area (Å²) in [6.07, 6.45) is 15.1. The lowest BCUT2D eigenvalue weighted by atomic mass is 9.87. The number of carboxylic acids is 1. The minimum absolute atomic E-state index is 0.101. The largest absolute Gasteiger partial charge is 0.481 e. The molecule has 8 nitrogen and oxygen atoms in total. The summed E-state index contributed by atoms with van der Waals surface area (Å²) in [6.45, 7) is 0. The number of esters is 1. The number of halogens is 2. The number of amides is 2. The molecule has 2 atom stereocenters. The summed E-state index contributed by atoms with van der Waals surface area (Å²) in [4.78, 5) is 45.7. The van der Waals surface area contributed by atoms with Crippen molar-refractivity contribution in [2.24, 2.45) is 0 Å². The number of aryl methyl sites for hydroxylation is 2. The number of unbranched alkanes of at least 4 members (excludes halogenated alkanes) is 6. The molecule has 2 aromatic carbocycles. The van der Waals surface area contributed by atoms with Gasteiger partial charge in [0, 0.05) is 34.6 Å². The maximum absolute atomic E-state index is 12.2. The molecule has 0 saturated heterocycles. The molecule has 3 N–H and O–H groups in total. The van der Waals surface area contributed by atoms with Crippen molar-refractivity contribution in [3.63, 3.8) is 0 Å². The molecule has 0 spiro atoms. The average Bonchev–Trinajstić information content (AvgIpc) is 3.04. The smallest absolute Gasteiger partial charge is 0.305 e. The summed E-state index contributed by atoms with van der Waals surface area (Å²) in [5.74, 6) is -0.673. The molecule has 2 aliphatic rings. The van der Waals surface area contributed by atoms with Gasteiger partial charge in [0.1, 0.15) is 0 Å². The topological polar surface area (TPSA) is 122 Å². The first kappa shape index (κ1) is 38.7. The molecule has 2 aromatic rings. The van der Waals surface area contributed by atoms with E-state index in [1.807, 2.05) is 12.1 Å². The SMILES string of the molecule is COC(=O)CCCCCCC(=O)NC1CCCc2cc(Br)ccc21.O=C(O)CCCCCCC(=O)NC1CCCc2cc(Br)ccc21. The number of carbonyl (C=O) groups is 4. The number of nitrogens with one attached hydrogen (secondary N) is 2. The molecule has 47 heavy (non-hydrogen) atoms. The minimum Gasteiger partial charge on any atom is -0.481 e. The highest BCUT2D eigenvalue weighted by molar-refractivity contribution is 9.10. The first-order valence-electron chi connectivity index (χ1n) is 17.1. The lowest BCUT2D eigenvalue weighted by Crippen LogP contribution is -2.30. The van der Waals surface area contributed by atoms with E-state index in [-0.39, 0.29) is 36.3 Å². The number of benzene rings is 2. The number of carbonyl (C=O) groups excluding carboxylic acids is 3. The number of fused-ring (bicyclic) bond motifs is 2. The highest BCUT2D eigenvalue weighted by Crippen LogP contribution is 2.33. The third-order valence-corrected chi connectivity index (χ3v) is 9.80. The van der Waals surface area contributed by atoms with Gasteiger partial charge in [-0.05, 0) is 111 Å². The van der Waals surface area contributed by atoms with Gasteiger partial charge in [0.25, 0.3) is 0 Å². The van der Waals surface area contributed by atoms with Gasteiger partial charge in [0.2, 0.25) is 11.8 Å². The van der Waals surface area contributed by atoms with Crippen LogP contribution < -0.4 is 10.6 Å². The van der Waals surface area contributed by atoms with Crippen LogP contribution in [0, 0.1) is 0 Å². The molecule has 2 aliphatic carbocycles. The predicted molar refractivity (Wildman–Crippen MR) is 191 cm³/mol. The van der Waals surface area contributed by atoms with Crippen LogP contribution in [-0.2, 0) is 36.8 Å². The monoisotopic (exact) mass is 776 g/mol. The van der Waals surface area contributed by atoms with Gasteiger partial charge in [-0.1, -0.05) is 69.7 Å². The summed E-state index contributed by atoms with van der Waals surface area (Å²) in [6, 6.07) is 12.9. The Bertz CT molecular complexity index is 1330. The molecule has 4 rings (SSSR count). The lowest BCUT2D eigenvalue weighted by Gasteiger charge is -2.26. The van der Waals surface area contributed by atoms with Crippen molar-refractivity contribution in [3.05, 3.63) is 67.6 Å². The Morgan fingerprint density at radius 3 is 1.53 bits per heavy atom. The van der Waals surface area contributed by atoms with Crippen molar-refractivity contribution >= 4 is 55.6 Å². The third-order valence-electron chi connectivity index (χ3n) is 8.82. The molecule has 258 valence electrons. The molecule has 10 heteroatoms. The summed E-state index contributed by atoms with van der Waals surface area (Å²) in [7, 11) is 1.41. The van der Waals surface area contributed by atoms with Crippen LogP contribution in [0.15, 0.2) is 45.3 Å². The zero-order chi connectivity index (χ0) is 34.0. The Hall–Kier alpha value is -2.72. The first-order valence-corrected chi connectivity index (χ1v) is 18.7. The number of carboxylic acid groups (broad SMARTS) is 1. The number of hydrogen-bond donors (Lipinski definition) is 3. The van der Waals surface area contributed by atoms with Gasteiger partial charge in [-0.3, -0.25) is 19.2 Å². The quantitative estimate of drug-likeness (QED) is 0.116. The van der Waals surface area contributed by atoms with Crippen LogP contribution in [0.3, 0.4) is 0 Å². The van der Waals surface area contributed by atoms with Gasteiger partial charge in [-0.25, -0.2) is 0 Å². The standard InChI is InChI=1S/C19H26BrNO3.C18H24BrNO3/c1-24-19(23)10-5-3-2-4-9-18(22)21-17-8-6-7-14-13-15(20)11-12-16(14)17;19-14-10-11-15-13(12-14)6-5-7-16(15)20-17(21)8-3-1-2-4-9-18(22)23/h11-13,17H,2-10H2,1H3,(H,21,22);10-12,16H,1-9H2,(H,20,21)(H,22,23). The van der Waals surface area contributed by atoms with Gasteiger partial charge in [-0.2, -0.15) is 0 Å². The second-order valence-corrected chi connectivity index (χ2v) is 14.3. The second-order valence-electron chi connectivity index (χ2n) is 12.5. The zero-order valence-corrected chi connectivity index (χ0v) is 30.8. The number of ether oxygens (including phenoxy) is 1. The van der Waals surface area contributed by atoms with Crippen LogP contribution in [0.4, 0.5) is 0 Å². The van der Waals surface area contributed by atoms with Crippen molar-refractivity contribution in [1.82, 2.24) is 10.6 Å². The van der Waals surface area contributed by atoms with Crippen molar-refractivity contribution in [2.45, 2.75) is 128 Å². The van der Waals surface area contributed by atoms with E-state index in [0.717, 1.165) is 92.4 Å². The Kier molecular flexibility index (Phi) is 17.5. The molecule has 0 saturated carbocycles. The fourth-order valence-electron chi connectivity index (χ4n) is 6.32. The second kappa shape index (κ2) is 21.3. The molecular weight excluding hydrogens is 728 g/mol. The molecule has 0 aromatic heterocycles. The van der Waals surface area contributed by atoms with Gasteiger partial charge in [0.15, 0.2) is 0 Å². The maximum atomic E-state index is 12.2. The van der Waals surface area contributed by atoms with Gasteiger partial charge in [0.05, 0.1) is 19.2 Å².